The lowest BCUT2D eigenvalue weighted by Gasteiger charge is -2.15. The van der Waals surface area contributed by atoms with Crippen molar-refractivity contribution < 1.29 is 19.1 Å². The third-order valence-electron chi connectivity index (χ3n) is 3.78. The highest BCUT2D eigenvalue weighted by molar-refractivity contribution is 6.22. The van der Waals surface area contributed by atoms with E-state index in [9.17, 15) is 9.59 Å². The first-order valence-corrected chi connectivity index (χ1v) is 7.64. The second kappa shape index (κ2) is 6.04. The molecule has 2 aromatic rings. The maximum atomic E-state index is 12.3. The molecular formula is C17H18N4O4. The molecule has 0 bridgehead atoms. The van der Waals surface area contributed by atoms with Gasteiger partial charge in [-0.05, 0) is 32.4 Å². The Morgan fingerprint density at radius 3 is 2.60 bits per heavy atom. The van der Waals surface area contributed by atoms with E-state index in [1.165, 1.54) is 6.20 Å². The number of carbonyl (C=O) groups excluding carboxylic acids is 2. The summed E-state index contributed by atoms with van der Waals surface area (Å²) < 4.78 is 11.0. The fourth-order valence-corrected chi connectivity index (χ4v) is 2.41. The van der Waals surface area contributed by atoms with Crippen LogP contribution in [-0.4, -0.2) is 34.6 Å². The first kappa shape index (κ1) is 16.7. The van der Waals surface area contributed by atoms with E-state index in [-0.39, 0.29) is 11.8 Å². The Morgan fingerprint density at radius 2 is 1.96 bits per heavy atom. The quantitative estimate of drug-likeness (QED) is 0.858. The van der Waals surface area contributed by atoms with Crippen LogP contribution in [0.25, 0.3) is 0 Å². The summed E-state index contributed by atoms with van der Waals surface area (Å²) in [5.41, 5.74) is -0.0264. The van der Waals surface area contributed by atoms with Crippen molar-refractivity contribution in [2.24, 2.45) is 0 Å². The first-order valence-electron chi connectivity index (χ1n) is 7.64. The smallest absolute Gasteiger partial charge is 0.332 e. The Morgan fingerprint density at radius 1 is 1.20 bits per heavy atom. The molecule has 8 heteroatoms. The average Bonchev–Trinajstić information content (AvgIpc) is 2.77. The van der Waals surface area contributed by atoms with Gasteiger partial charge in [0.15, 0.2) is 0 Å². The molecular weight excluding hydrogens is 324 g/mol. The fraction of sp³-hybridized carbons (Fsp3) is 0.294. The maximum Gasteiger partial charge on any atom is 0.332 e. The van der Waals surface area contributed by atoms with Gasteiger partial charge in [-0.15, -0.1) is 0 Å². The van der Waals surface area contributed by atoms with Crippen molar-refractivity contribution in [2.75, 3.05) is 12.0 Å². The number of rotatable bonds is 4. The van der Waals surface area contributed by atoms with Gasteiger partial charge in [0.1, 0.15) is 17.0 Å². The lowest BCUT2D eigenvalue weighted by Crippen LogP contribution is -2.40. The average molecular weight is 342 g/mol. The van der Waals surface area contributed by atoms with E-state index in [0.717, 1.165) is 10.5 Å². The van der Waals surface area contributed by atoms with Crippen LogP contribution in [0.3, 0.4) is 0 Å². The zero-order valence-corrected chi connectivity index (χ0v) is 14.4. The molecule has 1 aliphatic heterocycles. The molecule has 0 aliphatic carbocycles. The van der Waals surface area contributed by atoms with E-state index in [2.05, 4.69) is 15.3 Å². The number of carbonyl (C=O) groups is 2. The number of ether oxygens (including phenoxy) is 2. The molecule has 0 saturated carbocycles. The summed E-state index contributed by atoms with van der Waals surface area (Å²) in [6.07, 6.45) is 1.43. The molecule has 1 fully saturated rings. The number of nitrogens with one attached hydrogen (secondary N) is 1. The summed E-state index contributed by atoms with van der Waals surface area (Å²) in [6, 6.07) is 6.34. The maximum absolute atomic E-state index is 12.3. The molecule has 2 heterocycles. The van der Waals surface area contributed by atoms with Gasteiger partial charge in [-0.1, -0.05) is 6.07 Å². The van der Waals surface area contributed by atoms with E-state index in [1.807, 2.05) is 13.0 Å². The minimum absolute atomic E-state index is 0.0374. The summed E-state index contributed by atoms with van der Waals surface area (Å²) >= 11 is 0. The summed E-state index contributed by atoms with van der Waals surface area (Å²) in [5.74, 6) is 0.949. The first-order chi connectivity index (χ1) is 11.8. The van der Waals surface area contributed by atoms with E-state index >= 15 is 0 Å². The van der Waals surface area contributed by atoms with Crippen molar-refractivity contribution in [1.29, 1.82) is 0 Å². The van der Waals surface area contributed by atoms with Crippen molar-refractivity contribution >= 4 is 17.9 Å². The van der Waals surface area contributed by atoms with Gasteiger partial charge in [0.25, 0.3) is 5.91 Å². The number of amides is 3. The number of hydrogen-bond acceptors (Lipinski definition) is 6. The molecule has 1 aromatic heterocycles. The van der Waals surface area contributed by atoms with Gasteiger partial charge in [0, 0.05) is 18.3 Å². The number of urea groups is 1. The minimum atomic E-state index is -0.998. The van der Waals surface area contributed by atoms with Crippen molar-refractivity contribution in [3.8, 4) is 17.4 Å². The van der Waals surface area contributed by atoms with Gasteiger partial charge >= 0.3 is 6.03 Å². The predicted molar refractivity (Wildman–Crippen MR) is 89.9 cm³/mol. The molecule has 3 amide bonds. The van der Waals surface area contributed by atoms with E-state index < -0.39 is 17.5 Å². The summed E-state index contributed by atoms with van der Waals surface area (Å²) in [7, 11) is 1.58. The number of benzene rings is 1. The SMILES string of the molecule is COc1cc(Oc2ccnc(N3C(=O)NC(C)(C)C3=O)n2)ccc1C. The van der Waals surface area contributed by atoms with E-state index in [0.29, 0.717) is 11.5 Å². The van der Waals surface area contributed by atoms with Crippen LogP contribution in [0.1, 0.15) is 19.4 Å². The second-order valence-electron chi connectivity index (χ2n) is 6.12. The molecule has 25 heavy (non-hydrogen) atoms. The van der Waals surface area contributed by atoms with Crippen LogP contribution in [0.4, 0.5) is 10.7 Å². The van der Waals surface area contributed by atoms with Gasteiger partial charge in [0.2, 0.25) is 11.8 Å². The summed E-state index contributed by atoms with van der Waals surface area (Å²) in [6.45, 7) is 5.16. The molecule has 1 aromatic carbocycles. The van der Waals surface area contributed by atoms with Crippen LogP contribution < -0.4 is 19.7 Å². The van der Waals surface area contributed by atoms with Crippen LogP contribution in [-0.2, 0) is 4.79 Å². The van der Waals surface area contributed by atoms with E-state index in [1.54, 1.807) is 39.2 Å². The summed E-state index contributed by atoms with van der Waals surface area (Å²) in [5, 5.41) is 2.58. The van der Waals surface area contributed by atoms with E-state index in [4.69, 9.17) is 9.47 Å². The Balaban J connectivity index is 1.88. The lowest BCUT2D eigenvalue weighted by molar-refractivity contribution is -0.121. The third-order valence-corrected chi connectivity index (χ3v) is 3.78. The number of methoxy groups -OCH3 is 1. The van der Waals surface area contributed by atoms with Crippen LogP contribution >= 0.6 is 0 Å². The molecule has 0 atom stereocenters. The third kappa shape index (κ3) is 3.10. The minimum Gasteiger partial charge on any atom is -0.496 e. The molecule has 0 radical (unpaired) electrons. The van der Waals surface area contributed by atoms with Gasteiger partial charge in [-0.25, -0.2) is 9.78 Å². The van der Waals surface area contributed by atoms with Gasteiger partial charge in [-0.3, -0.25) is 4.79 Å². The van der Waals surface area contributed by atoms with Crippen LogP contribution in [0.2, 0.25) is 0 Å². The van der Waals surface area contributed by atoms with Crippen LogP contribution in [0, 0.1) is 6.92 Å². The molecule has 3 rings (SSSR count). The normalized spacial score (nSPS) is 15.9. The van der Waals surface area contributed by atoms with Crippen LogP contribution in [0.15, 0.2) is 30.5 Å². The fourth-order valence-electron chi connectivity index (χ4n) is 2.41. The molecule has 1 aliphatic rings. The number of aromatic nitrogens is 2. The van der Waals surface area contributed by atoms with Crippen molar-refractivity contribution in [3.63, 3.8) is 0 Å². The van der Waals surface area contributed by atoms with Gasteiger partial charge < -0.3 is 14.8 Å². The zero-order valence-electron chi connectivity index (χ0n) is 14.4. The molecule has 0 spiro atoms. The number of nitrogens with zero attached hydrogens (tertiary/aromatic N) is 3. The topological polar surface area (TPSA) is 93.7 Å². The zero-order chi connectivity index (χ0) is 18.2. The lowest BCUT2D eigenvalue weighted by atomic mass is 10.1. The highest BCUT2D eigenvalue weighted by atomic mass is 16.5. The highest BCUT2D eigenvalue weighted by Gasteiger charge is 2.46. The molecule has 1 N–H and O–H groups in total. The molecule has 1 saturated heterocycles. The molecule has 0 unspecified atom stereocenters. The molecule has 8 nitrogen and oxygen atoms in total. The predicted octanol–water partition coefficient (Wildman–Crippen LogP) is 2.42. The Labute approximate surface area is 144 Å². The Kier molecular flexibility index (Phi) is 4.03. The van der Waals surface area contributed by atoms with Gasteiger partial charge in [-0.2, -0.15) is 9.88 Å². The van der Waals surface area contributed by atoms with Crippen molar-refractivity contribution in [3.05, 3.63) is 36.0 Å². The Bertz CT molecular complexity index is 850. The monoisotopic (exact) mass is 342 g/mol. The second-order valence-corrected chi connectivity index (χ2v) is 6.12. The van der Waals surface area contributed by atoms with Crippen LogP contribution in [0.5, 0.6) is 17.4 Å². The largest absolute Gasteiger partial charge is 0.496 e. The standard InChI is InChI=1S/C17H18N4O4/c1-10-5-6-11(9-12(10)24-4)25-13-7-8-18-15(19-13)21-14(22)17(2,3)20-16(21)23/h5-9H,1-4H3,(H,20,23). The highest BCUT2D eigenvalue weighted by Crippen LogP contribution is 2.28. The number of aryl methyl sites for hydroxylation is 1. The Hall–Kier alpha value is -3.16. The summed E-state index contributed by atoms with van der Waals surface area (Å²) in [4.78, 5) is 33.5. The molecule has 130 valence electrons. The number of imide groups is 1. The van der Waals surface area contributed by atoms with Crippen molar-refractivity contribution in [1.82, 2.24) is 15.3 Å². The number of anilines is 1. The van der Waals surface area contributed by atoms with Gasteiger partial charge in [0.05, 0.1) is 7.11 Å². The number of hydrogen-bond donors (Lipinski definition) is 1. The van der Waals surface area contributed by atoms with Crippen molar-refractivity contribution in [2.45, 2.75) is 26.3 Å².